The number of likely N-dealkylation sites (N-methyl/N-ethyl adjacent to an activating group) is 1. The van der Waals surface area contributed by atoms with Gasteiger partial charge in [0.2, 0.25) is 5.91 Å². The summed E-state index contributed by atoms with van der Waals surface area (Å²) < 4.78 is 41.0. The molecule has 1 amide bonds. The molecule has 2 atom stereocenters. The number of alkyl halides is 3. The molecule has 0 bridgehead atoms. The van der Waals surface area contributed by atoms with Crippen LogP contribution >= 0.6 is 0 Å². The first-order valence-electron chi connectivity index (χ1n) is 8.07. The summed E-state index contributed by atoms with van der Waals surface area (Å²) in [7, 11) is 1.70. The van der Waals surface area contributed by atoms with Crippen molar-refractivity contribution in [1.29, 1.82) is 0 Å². The van der Waals surface area contributed by atoms with E-state index in [0.29, 0.717) is 6.54 Å². The van der Waals surface area contributed by atoms with E-state index in [4.69, 9.17) is 0 Å². The summed E-state index contributed by atoms with van der Waals surface area (Å²) in [6.07, 6.45) is -4.77. The quantitative estimate of drug-likeness (QED) is 0.832. The van der Waals surface area contributed by atoms with E-state index in [1.165, 1.54) is 0 Å². The number of nitrogens with zero attached hydrogens (tertiary/aromatic N) is 1. The molecule has 1 aromatic carbocycles. The van der Waals surface area contributed by atoms with Crippen LogP contribution in [0.25, 0.3) is 0 Å². The van der Waals surface area contributed by atoms with Crippen LogP contribution in [0.2, 0.25) is 0 Å². The van der Waals surface area contributed by atoms with Crippen molar-refractivity contribution >= 4 is 5.91 Å². The number of halogens is 3. The number of likely N-dealkylation sites (tertiary alicyclic amines) is 1. The lowest BCUT2D eigenvalue weighted by Crippen LogP contribution is -2.54. The van der Waals surface area contributed by atoms with Crippen molar-refractivity contribution in [3.8, 4) is 0 Å². The molecule has 0 aliphatic carbocycles. The van der Waals surface area contributed by atoms with Crippen LogP contribution in [0.5, 0.6) is 0 Å². The zero-order chi connectivity index (χ0) is 17.8. The molecular formula is C17H24F3N3O. The predicted molar refractivity (Wildman–Crippen MR) is 86.4 cm³/mol. The predicted octanol–water partition coefficient (Wildman–Crippen LogP) is 2.17. The molecule has 2 rings (SSSR count). The van der Waals surface area contributed by atoms with Crippen LogP contribution < -0.4 is 10.6 Å². The van der Waals surface area contributed by atoms with Gasteiger partial charge in [-0.3, -0.25) is 9.69 Å². The van der Waals surface area contributed by atoms with Crippen LogP contribution in [0.4, 0.5) is 13.2 Å². The maximum Gasteiger partial charge on any atom is 0.404 e. The fourth-order valence-corrected chi connectivity index (χ4v) is 2.93. The largest absolute Gasteiger partial charge is 0.404 e. The van der Waals surface area contributed by atoms with Gasteiger partial charge >= 0.3 is 6.18 Å². The first-order valence-corrected chi connectivity index (χ1v) is 8.07. The molecule has 1 aliphatic heterocycles. The van der Waals surface area contributed by atoms with Crippen molar-refractivity contribution in [2.24, 2.45) is 5.41 Å². The molecular weight excluding hydrogens is 319 g/mol. The highest BCUT2D eigenvalue weighted by Crippen LogP contribution is 2.46. The molecule has 134 valence electrons. The van der Waals surface area contributed by atoms with Gasteiger partial charge in [-0.1, -0.05) is 30.3 Å². The van der Waals surface area contributed by atoms with Gasteiger partial charge in [0.25, 0.3) is 0 Å². The molecule has 2 unspecified atom stereocenters. The third-order valence-electron chi connectivity index (χ3n) is 4.64. The fourth-order valence-electron chi connectivity index (χ4n) is 2.93. The van der Waals surface area contributed by atoms with Crippen molar-refractivity contribution in [3.05, 3.63) is 35.9 Å². The van der Waals surface area contributed by atoms with Crippen LogP contribution in [0, 0.1) is 5.41 Å². The minimum absolute atomic E-state index is 0.0824. The van der Waals surface area contributed by atoms with Crippen molar-refractivity contribution in [2.75, 3.05) is 26.7 Å². The van der Waals surface area contributed by atoms with Crippen molar-refractivity contribution in [2.45, 2.75) is 32.1 Å². The molecule has 0 saturated carbocycles. The Bertz CT molecular complexity index is 550. The summed E-state index contributed by atoms with van der Waals surface area (Å²) in [4.78, 5) is 14.0. The van der Waals surface area contributed by atoms with Crippen LogP contribution in [0.3, 0.4) is 0 Å². The Hall–Kier alpha value is -1.60. The smallest absolute Gasteiger partial charge is 0.354 e. The van der Waals surface area contributed by atoms with E-state index in [1.54, 1.807) is 18.9 Å². The molecule has 1 heterocycles. The molecule has 1 saturated heterocycles. The molecule has 0 radical (unpaired) electrons. The molecule has 0 aromatic heterocycles. The van der Waals surface area contributed by atoms with Gasteiger partial charge in [-0.25, -0.2) is 0 Å². The Kier molecular flexibility index (Phi) is 5.87. The highest BCUT2D eigenvalue weighted by Gasteiger charge is 2.62. The normalized spacial score (nSPS) is 23.2. The number of hydrogen-bond acceptors (Lipinski definition) is 3. The van der Waals surface area contributed by atoms with Crippen molar-refractivity contribution in [1.82, 2.24) is 15.5 Å². The van der Waals surface area contributed by atoms with E-state index in [1.807, 2.05) is 30.3 Å². The van der Waals surface area contributed by atoms with Crippen LogP contribution in [0.1, 0.15) is 18.9 Å². The van der Waals surface area contributed by atoms with Gasteiger partial charge in [0.05, 0.1) is 0 Å². The summed E-state index contributed by atoms with van der Waals surface area (Å²) in [6, 6.07) is 9.25. The summed E-state index contributed by atoms with van der Waals surface area (Å²) in [5.74, 6) is -0.923. The molecule has 24 heavy (non-hydrogen) atoms. The molecule has 2 N–H and O–H groups in total. The number of carbonyl (C=O) groups excluding carboxylic acids is 1. The first-order chi connectivity index (χ1) is 11.3. The van der Waals surface area contributed by atoms with Crippen molar-refractivity contribution in [3.63, 3.8) is 0 Å². The topological polar surface area (TPSA) is 44.4 Å². The fraction of sp³-hybridized carbons (Fsp3) is 0.588. The minimum Gasteiger partial charge on any atom is -0.354 e. The maximum absolute atomic E-state index is 13.7. The highest BCUT2D eigenvalue weighted by atomic mass is 19.4. The third kappa shape index (κ3) is 4.08. The van der Waals surface area contributed by atoms with Crippen molar-refractivity contribution < 1.29 is 18.0 Å². The number of nitrogens with one attached hydrogen (secondary N) is 2. The van der Waals surface area contributed by atoms with Crippen LogP contribution in [-0.2, 0) is 11.3 Å². The van der Waals surface area contributed by atoms with Gasteiger partial charge in [0.1, 0.15) is 0 Å². The Balaban J connectivity index is 2.08. The number of hydrogen-bond donors (Lipinski definition) is 2. The first kappa shape index (κ1) is 18.7. The van der Waals surface area contributed by atoms with E-state index in [-0.39, 0.29) is 32.1 Å². The summed E-state index contributed by atoms with van der Waals surface area (Å²) in [5, 5.41) is 5.36. The van der Waals surface area contributed by atoms with Crippen LogP contribution in [0.15, 0.2) is 30.3 Å². The van der Waals surface area contributed by atoms with E-state index in [0.717, 1.165) is 5.56 Å². The zero-order valence-electron chi connectivity index (χ0n) is 14.0. The molecule has 1 fully saturated rings. The van der Waals surface area contributed by atoms with E-state index >= 15 is 0 Å². The van der Waals surface area contributed by atoms with Gasteiger partial charge in [0, 0.05) is 25.7 Å². The summed E-state index contributed by atoms with van der Waals surface area (Å²) >= 11 is 0. The number of rotatable bonds is 6. The summed E-state index contributed by atoms with van der Waals surface area (Å²) in [6.45, 7) is 2.34. The van der Waals surface area contributed by atoms with E-state index < -0.39 is 17.5 Å². The number of amides is 1. The standard InChI is InChI=1S/C17H24F3N3O/c1-13(21-2)10-22-15(24)16(17(18,19)20)8-9-23(12-16)11-14-6-4-3-5-7-14/h3-7,13,21H,8-12H2,1-2H3,(H,22,24). The van der Waals surface area contributed by atoms with Gasteiger partial charge in [-0.15, -0.1) is 0 Å². The molecule has 1 aliphatic rings. The third-order valence-corrected chi connectivity index (χ3v) is 4.64. The second-order valence-electron chi connectivity index (χ2n) is 6.43. The lowest BCUT2D eigenvalue weighted by molar-refractivity contribution is -0.218. The lowest BCUT2D eigenvalue weighted by Gasteiger charge is -2.31. The molecule has 0 spiro atoms. The minimum atomic E-state index is -4.56. The summed E-state index contributed by atoms with van der Waals surface area (Å²) in [5.41, 5.74) is -1.38. The average molecular weight is 343 g/mol. The average Bonchev–Trinajstić information content (AvgIpc) is 2.98. The van der Waals surface area contributed by atoms with E-state index in [9.17, 15) is 18.0 Å². The van der Waals surface area contributed by atoms with Gasteiger partial charge in [-0.05, 0) is 32.5 Å². The van der Waals surface area contributed by atoms with Gasteiger partial charge in [-0.2, -0.15) is 13.2 Å². The van der Waals surface area contributed by atoms with Crippen LogP contribution in [-0.4, -0.2) is 49.7 Å². The molecule has 1 aromatic rings. The Morgan fingerprint density at radius 3 is 2.58 bits per heavy atom. The van der Waals surface area contributed by atoms with E-state index in [2.05, 4.69) is 10.6 Å². The second-order valence-corrected chi connectivity index (χ2v) is 6.43. The number of carbonyl (C=O) groups is 1. The second kappa shape index (κ2) is 7.53. The zero-order valence-corrected chi connectivity index (χ0v) is 14.0. The lowest BCUT2D eigenvalue weighted by atomic mass is 9.85. The Morgan fingerprint density at radius 2 is 2.00 bits per heavy atom. The Labute approximate surface area is 140 Å². The number of benzene rings is 1. The highest BCUT2D eigenvalue weighted by molar-refractivity contribution is 5.84. The van der Waals surface area contributed by atoms with Gasteiger partial charge < -0.3 is 10.6 Å². The maximum atomic E-state index is 13.7. The Morgan fingerprint density at radius 1 is 1.33 bits per heavy atom. The SMILES string of the molecule is CNC(C)CNC(=O)C1(C(F)(F)F)CCN(Cc2ccccc2)C1. The monoisotopic (exact) mass is 343 g/mol. The molecule has 4 nitrogen and oxygen atoms in total. The van der Waals surface area contributed by atoms with Gasteiger partial charge in [0.15, 0.2) is 5.41 Å². The molecule has 7 heteroatoms.